The van der Waals surface area contributed by atoms with Crippen molar-refractivity contribution in [3.05, 3.63) is 0 Å². The molecule has 0 radical (unpaired) electrons. The number of aliphatic carboxylic acids is 1. The molecular formula is C15H27NO2. The van der Waals surface area contributed by atoms with Crippen molar-refractivity contribution in [2.45, 2.75) is 51.9 Å². The van der Waals surface area contributed by atoms with Gasteiger partial charge in [-0.05, 0) is 37.6 Å². The summed E-state index contributed by atoms with van der Waals surface area (Å²) < 4.78 is 0. The monoisotopic (exact) mass is 253 g/mol. The molecule has 0 aromatic rings. The van der Waals surface area contributed by atoms with Gasteiger partial charge >= 0.3 is 5.97 Å². The summed E-state index contributed by atoms with van der Waals surface area (Å²) in [5, 5.41) is 9.15. The molecular weight excluding hydrogens is 226 g/mol. The van der Waals surface area contributed by atoms with E-state index in [9.17, 15) is 4.79 Å². The van der Waals surface area contributed by atoms with E-state index in [0.29, 0.717) is 5.92 Å². The lowest BCUT2D eigenvalue weighted by Crippen LogP contribution is -2.42. The van der Waals surface area contributed by atoms with Crippen LogP contribution in [0, 0.1) is 17.8 Å². The van der Waals surface area contributed by atoms with Gasteiger partial charge in [0.2, 0.25) is 0 Å². The highest BCUT2D eigenvalue weighted by molar-refractivity contribution is 5.70. The van der Waals surface area contributed by atoms with E-state index in [1.165, 1.54) is 38.5 Å². The third kappa shape index (κ3) is 3.98. The Hall–Kier alpha value is -0.570. The summed E-state index contributed by atoms with van der Waals surface area (Å²) >= 11 is 0. The molecule has 18 heavy (non-hydrogen) atoms. The number of rotatable bonds is 5. The average molecular weight is 253 g/mol. The Morgan fingerprint density at radius 2 is 2.00 bits per heavy atom. The summed E-state index contributed by atoms with van der Waals surface area (Å²) in [6, 6.07) is 0. The third-order valence-corrected chi connectivity index (χ3v) is 4.65. The van der Waals surface area contributed by atoms with Crippen molar-refractivity contribution in [2.24, 2.45) is 17.8 Å². The summed E-state index contributed by atoms with van der Waals surface area (Å²) in [6.45, 7) is 5.14. The molecule has 104 valence electrons. The van der Waals surface area contributed by atoms with Crippen molar-refractivity contribution < 1.29 is 9.90 Å². The molecule has 2 atom stereocenters. The number of carbonyl (C=O) groups is 1. The average Bonchev–Trinajstić information content (AvgIpc) is 2.81. The second kappa shape index (κ2) is 6.55. The summed E-state index contributed by atoms with van der Waals surface area (Å²) in [4.78, 5) is 13.5. The fourth-order valence-corrected chi connectivity index (χ4v) is 3.73. The predicted octanol–water partition coefficient (Wildman–Crippen LogP) is 3.00. The molecule has 1 heterocycles. The third-order valence-electron chi connectivity index (χ3n) is 4.65. The minimum atomic E-state index is -0.609. The van der Waals surface area contributed by atoms with Crippen molar-refractivity contribution in [3.63, 3.8) is 0 Å². The van der Waals surface area contributed by atoms with Crippen molar-refractivity contribution in [2.75, 3.05) is 19.6 Å². The van der Waals surface area contributed by atoms with Gasteiger partial charge in [0.1, 0.15) is 0 Å². The van der Waals surface area contributed by atoms with Gasteiger partial charge in [-0.3, -0.25) is 4.79 Å². The standard InChI is InChI=1S/C15H27NO2/c1-12-9-14(15(17)18)11-16(10-12)8-4-7-13-5-2-3-6-13/h12-14H,2-11H2,1H3,(H,17,18). The fourth-order valence-electron chi connectivity index (χ4n) is 3.73. The lowest BCUT2D eigenvalue weighted by Gasteiger charge is -2.34. The number of carboxylic acids is 1. The van der Waals surface area contributed by atoms with Crippen LogP contribution in [0.2, 0.25) is 0 Å². The first-order valence-electron chi connectivity index (χ1n) is 7.60. The van der Waals surface area contributed by atoms with Crippen LogP contribution in [0.1, 0.15) is 51.9 Å². The van der Waals surface area contributed by atoms with E-state index in [4.69, 9.17) is 5.11 Å². The van der Waals surface area contributed by atoms with Gasteiger partial charge in [-0.25, -0.2) is 0 Å². The molecule has 3 heteroatoms. The summed E-state index contributed by atoms with van der Waals surface area (Å²) in [5.41, 5.74) is 0. The van der Waals surface area contributed by atoms with Crippen molar-refractivity contribution in [1.82, 2.24) is 4.90 Å². The Morgan fingerprint density at radius 3 is 2.67 bits per heavy atom. The Labute approximate surface area is 111 Å². The normalized spacial score (nSPS) is 30.7. The minimum absolute atomic E-state index is 0.139. The zero-order valence-electron chi connectivity index (χ0n) is 11.6. The first-order chi connectivity index (χ1) is 8.65. The van der Waals surface area contributed by atoms with E-state index in [0.717, 1.165) is 32.0 Å². The van der Waals surface area contributed by atoms with Crippen LogP contribution in [0.4, 0.5) is 0 Å². The van der Waals surface area contributed by atoms with Crippen molar-refractivity contribution in [1.29, 1.82) is 0 Å². The molecule has 3 nitrogen and oxygen atoms in total. The number of piperidine rings is 1. The maximum absolute atomic E-state index is 11.1. The lowest BCUT2D eigenvalue weighted by molar-refractivity contribution is -0.144. The van der Waals surface area contributed by atoms with Crippen LogP contribution >= 0.6 is 0 Å². The van der Waals surface area contributed by atoms with Crippen LogP contribution in [0.25, 0.3) is 0 Å². The summed E-state index contributed by atoms with van der Waals surface area (Å²) in [7, 11) is 0. The maximum atomic E-state index is 11.1. The Balaban J connectivity index is 1.69. The molecule has 2 fully saturated rings. The number of likely N-dealkylation sites (tertiary alicyclic amines) is 1. The van der Waals surface area contributed by atoms with Crippen LogP contribution in [0.5, 0.6) is 0 Å². The molecule has 0 spiro atoms. The molecule has 2 unspecified atom stereocenters. The Morgan fingerprint density at radius 1 is 1.28 bits per heavy atom. The van der Waals surface area contributed by atoms with Gasteiger partial charge in [0.15, 0.2) is 0 Å². The molecule has 1 N–H and O–H groups in total. The first-order valence-corrected chi connectivity index (χ1v) is 7.60. The Kier molecular flexibility index (Phi) is 5.04. The number of carboxylic acid groups (broad SMARTS) is 1. The lowest BCUT2D eigenvalue weighted by atomic mass is 9.90. The zero-order chi connectivity index (χ0) is 13.0. The van der Waals surface area contributed by atoms with Crippen LogP contribution in [0.15, 0.2) is 0 Å². The molecule has 1 aliphatic heterocycles. The van der Waals surface area contributed by atoms with E-state index in [1.807, 2.05) is 0 Å². The van der Waals surface area contributed by atoms with E-state index in [-0.39, 0.29) is 5.92 Å². The van der Waals surface area contributed by atoms with E-state index < -0.39 is 5.97 Å². The van der Waals surface area contributed by atoms with Crippen molar-refractivity contribution in [3.8, 4) is 0 Å². The highest BCUT2D eigenvalue weighted by Gasteiger charge is 2.29. The van der Waals surface area contributed by atoms with Gasteiger partial charge in [0, 0.05) is 13.1 Å². The predicted molar refractivity (Wildman–Crippen MR) is 72.5 cm³/mol. The quantitative estimate of drug-likeness (QED) is 0.819. The molecule has 0 aromatic heterocycles. The molecule has 2 aliphatic rings. The van der Waals surface area contributed by atoms with E-state index in [2.05, 4.69) is 11.8 Å². The molecule has 0 bridgehead atoms. The largest absolute Gasteiger partial charge is 0.481 e. The smallest absolute Gasteiger partial charge is 0.307 e. The van der Waals surface area contributed by atoms with Gasteiger partial charge in [-0.15, -0.1) is 0 Å². The summed E-state index contributed by atoms with van der Waals surface area (Å²) in [6.07, 6.45) is 9.15. The SMILES string of the molecule is CC1CC(C(=O)O)CN(CCCC2CCCC2)C1. The molecule has 1 saturated heterocycles. The van der Waals surface area contributed by atoms with E-state index in [1.54, 1.807) is 0 Å². The molecule has 1 saturated carbocycles. The number of nitrogens with zero attached hydrogens (tertiary/aromatic N) is 1. The summed E-state index contributed by atoms with van der Waals surface area (Å²) in [5.74, 6) is 0.747. The second-order valence-electron chi connectivity index (χ2n) is 6.43. The molecule has 0 aromatic carbocycles. The zero-order valence-corrected chi connectivity index (χ0v) is 11.6. The molecule has 2 rings (SSSR count). The molecule has 1 aliphatic carbocycles. The van der Waals surface area contributed by atoms with Gasteiger partial charge in [0.05, 0.1) is 5.92 Å². The van der Waals surface area contributed by atoms with Crippen LogP contribution < -0.4 is 0 Å². The van der Waals surface area contributed by atoms with Crippen molar-refractivity contribution >= 4 is 5.97 Å². The van der Waals surface area contributed by atoms with Gasteiger partial charge in [-0.2, -0.15) is 0 Å². The highest BCUT2D eigenvalue weighted by Crippen LogP contribution is 2.29. The highest BCUT2D eigenvalue weighted by atomic mass is 16.4. The van der Waals surface area contributed by atoms with Crippen LogP contribution in [0.3, 0.4) is 0 Å². The van der Waals surface area contributed by atoms with Gasteiger partial charge < -0.3 is 10.0 Å². The first kappa shape index (κ1) is 13.9. The topological polar surface area (TPSA) is 40.5 Å². The fraction of sp³-hybridized carbons (Fsp3) is 0.933. The maximum Gasteiger partial charge on any atom is 0.307 e. The number of hydrogen-bond donors (Lipinski definition) is 1. The van der Waals surface area contributed by atoms with Crippen LogP contribution in [-0.2, 0) is 4.79 Å². The Bertz CT molecular complexity index is 274. The van der Waals surface area contributed by atoms with Gasteiger partial charge in [-0.1, -0.05) is 32.6 Å². The van der Waals surface area contributed by atoms with E-state index >= 15 is 0 Å². The van der Waals surface area contributed by atoms with Crippen LogP contribution in [-0.4, -0.2) is 35.6 Å². The second-order valence-corrected chi connectivity index (χ2v) is 6.43. The van der Waals surface area contributed by atoms with Gasteiger partial charge in [0.25, 0.3) is 0 Å². The minimum Gasteiger partial charge on any atom is -0.481 e. The molecule has 0 amide bonds. The number of hydrogen-bond acceptors (Lipinski definition) is 2.